The van der Waals surface area contributed by atoms with Crippen LogP contribution >= 0.6 is 0 Å². The van der Waals surface area contributed by atoms with Crippen LogP contribution in [0.5, 0.6) is 11.5 Å². The highest BCUT2D eigenvalue weighted by molar-refractivity contribution is 5.95. The van der Waals surface area contributed by atoms with Gasteiger partial charge in [-0.1, -0.05) is 0 Å². The Kier molecular flexibility index (Phi) is 7.10. The molecule has 11 nitrogen and oxygen atoms in total. The van der Waals surface area contributed by atoms with Crippen LogP contribution in [0.3, 0.4) is 0 Å². The Bertz CT molecular complexity index is 1280. The van der Waals surface area contributed by atoms with Crippen molar-refractivity contribution < 1.29 is 23.8 Å². The molecular weight excluding hydrogens is 488 g/mol. The lowest BCUT2D eigenvalue weighted by Gasteiger charge is -2.19. The first-order valence-corrected chi connectivity index (χ1v) is 12.8. The number of pyridine rings is 1. The summed E-state index contributed by atoms with van der Waals surface area (Å²) >= 11 is 0. The normalized spacial score (nSPS) is 20.2. The molecule has 2 amide bonds. The molecule has 3 aliphatic rings. The molecule has 2 atom stereocenters. The number of fused-ring (bicyclic) bond motifs is 2. The highest BCUT2D eigenvalue weighted by Gasteiger charge is 2.34. The third-order valence-corrected chi connectivity index (χ3v) is 6.74. The topological polar surface area (TPSA) is 152 Å². The molecular formula is C27H32N6O5. The average Bonchev–Trinajstić information content (AvgIpc) is 3.46. The second-order valence-electron chi connectivity index (χ2n) is 10.7. The van der Waals surface area contributed by atoms with Gasteiger partial charge in [-0.15, -0.1) is 0 Å². The van der Waals surface area contributed by atoms with Crippen LogP contribution in [0.4, 0.5) is 16.4 Å². The van der Waals surface area contributed by atoms with Gasteiger partial charge in [0, 0.05) is 5.54 Å². The van der Waals surface area contributed by atoms with Gasteiger partial charge in [0.05, 0.1) is 18.2 Å². The quantitative estimate of drug-likeness (QED) is 0.422. The number of nitrogens with one attached hydrogen (secondary N) is 2. The predicted molar refractivity (Wildman–Crippen MR) is 139 cm³/mol. The number of aromatic nitrogens is 1. The van der Waals surface area contributed by atoms with Gasteiger partial charge in [0.1, 0.15) is 24.3 Å². The van der Waals surface area contributed by atoms with Crippen molar-refractivity contribution in [3.8, 4) is 17.6 Å². The van der Waals surface area contributed by atoms with Crippen molar-refractivity contribution in [3.05, 3.63) is 41.0 Å². The van der Waals surface area contributed by atoms with Gasteiger partial charge in [-0.3, -0.25) is 9.69 Å². The summed E-state index contributed by atoms with van der Waals surface area (Å²) in [4.78, 5) is 29.9. The molecule has 0 spiro atoms. The number of hydrogen-bond donors (Lipinski definition) is 3. The van der Waals surface area contributed by atoms with Gasteiger partial charge >= 0.3 is 6.09 Å². The van der Waals surface area contributed by atoms with Crippen molar-refractivity contribution in [2.24, 2.45) is 11.7 Å². The molecule has 4 N–H and O–H groups in total. The summed E-state index contributed by atoms with van der Waals surface area (Å²) < 4.78 is 16.7. The maximum atomic E-state index is 12.5. The maximum Gasteiger partial charge on any atom is 0.415 e. The highest BCUT2D eigenvalue weighted by Crippen LogP contribution is 2.33. The van der Waals surface area contributed by atoms with Gasteiger partial charge < -0.3 is 30.6 Å². The van der Waals surface area contributed by atoms with Gasteiger partial charge in [0.2, 0.25) is 0 Å². The number of carbonyl (C=O) groups is 2. The Hall–Kier alpha value is -3.88. The molecule has 1 saturated heterocycles. The van der Waals surface area contributed by atoms with Crippen LogP contribution in [0.25, 0.3) is 0 Å². The van der Waals surface area contributed by atoms with E-state index in [2.05, 4.69) is 21.7 Å². The summed E-state index contributed by atoms with van der Waals surface area (Å²) in [6.07, 6.45) is 1.64. The monoisotopic (exact) mass is 520 g/mol. The summed E-state index contributed by atoms with van der Waals surface area (Å²) in [6.45, 7) is 5.98. The molecule has 0 saturated carbocycles. The number of benzene rings is 1. The third kappa shape index (κ3) is 5.82. The molecule has 0 radical (unpaired) electrons. The van der Waals surface area contributed by atoms with Crippen LogP contribution in [0, 0.1) is 17.2 Å². The van der Waals surface area contributed by atoms with E-state index in [0.717, 1.165) is 30.5 Å². The molecule has 1 aromatic heterocycles. The van der Waals surface area contributed by atoms with E-state index in [1.165, 1.54) is 4.90 Å². The summed E-state index contributed by atoms with van der Waals surface area (Å²) in [5.41, 5.74) is 8.48. The Morgan fingerprint density at radius 1 is 1.32 bits per heavy atom. The van der Waals surface area contributed by atoms with Crippen molar-refractivity contribution in [3.63, 3.8) is 0 Å². The molecule has 2 aromatic rings. The number of nitrogens with zero attached hydrogens (tertiary/aromatic N) is 3. The van der Waals surface area contributed by atoms with Gasteiger partial charge in [-0.05, 0) is 87.5 Å². The van der Waals surface area contributed by atoms with E-state index < -0.39 is 11.6 Å². The van der Waals surface area contributed by atoms with Crippen molar-refractivity contribution in [1.29, 1.82) is 5.26 Å². The minimum absolute atomic E-state index is 0.0516. The van der Waals surface area contributed by atoms with Crippen LogP contribution in [0.15, 0.2) is 24.3 Å². The van der Waals surface area contributed by atoms with Crippen LogP contribution in [-0.2, 0) is 22.4 Å². The second-order valence-corrected chi connectivity index (χ2v) is 10.7. The lowest BCUT2D eigenvalue weighted by atomic mass is 10.0. The van der Waals surface area contributed by atoms with Crippen LogP contribution in [0.1, 0.15) is 37.0 Å². The SMILES string of the molecule is CC(C)(N)COc1cc(C#N)c2c(c1)CC(CNCCC1CN(c3ccc4c(n3)NC(=O)CO4)C(=O)O1)C2. The molecule has 1 fully saturated rings. The van der Waals surface area contributed by atoms with E-state index in [1.807, 2.05) is 19.9 Å². The summed E-state index contributed by atoms with van der Waals surface area (Å²) in [7, 11) is 0. The van der Waals surface area contributed by atoms with Crippen molar-refractivity contribution in [2.75, 3.05) is 43.1 Å². The van der Waals surface area contributed by atoms with Gasteiger partial charge in [-0.25, -0.2) is 9.78 Å². The molecule has 5 rings (SSSR count). The lowest BCUT2D eigenvalue weighted by molar-refractivity contribution is -0.118. The zero-order valence-electron chi connectivity index (χ0n) is 21.6. The fourth-order valence-electron chi connectivity index (χ4n) is 4.93. The number of amides is 2. The van der Waals surface area contributed by atoms with Crippen molar-refractivity contribution >= 4 is 23.6 Å². The molecule has 3 heterocycles. The van der Waals surface area contributed by atoms with E-state index in [-0.39, 0.29) is 18.6 Å². The Morgan fingerprint density at radius 2 is 2.16 bits per heavy atom. The van der Waals surface area contributed by atoms with Gasteiger partial charge in [-0.2, -0.15) is 5.26 Å². The molecule has 38 heavy (non-hydrogen) atoms. The number of hydrogen-bond acceptors (Lipinski definition) is 9. The van der Waals surface area contributed by atoms with E-state index >= 15 is 0 Å². The minimum Gasteiger partial charge on any atom is -0.492 e. The predicted octanol–water partition coefficient (Wildman–Crippen LogP) is 2.12. The Labute approximate surface area is 221 Å². The molecule has 200 valence electrons. The Morgan fingerprint density at radius 3 is 2.95 bits per heavy atom. The number of rotatable bonds is 9. The zero-order chi connectivity index (χ0) is 26.9. The van der Waals surface area contributed by atoms with E-state index in [4.69, 9.17) is 19.9 Å². The highest BCUT2D eigenvalue weighted by atomic mass is 16.6. The summed E-state index contributed by atoms with van der Waals surface area (Å²) in [5, 5.41) is 15.8. The lowest BCUT2D eigenvalue weighted by Crippen LogP contribution is -2.38. The number of nitriles is 1. The molecule has 11 heteroatoms. The summed E-state index contributed by atoms with van der Waals surface area (Å²) in [6, 6.07) is 9.51. The van der Waals surface area contributed by atoms with Crippen LogP contribution in [0.2, 0.25) is 0 Å². The van der Waals surface area contributed by atoms with Crippen LogP contribution in [-0.4, -0.2) is 61.5 Å². The van der Waals surface area contributed by atoms with E-state index in [1.54, 1.807) is 18.2 Å². The van der Waals surface area contributed by atoms with Gasteiger partial charge in [0.25, 0.3) is 5.91 Å². The van der Waals surface area contributed by atoms with Crippen molar-refractivity contribution in [2.45, 2.75) is 44.8 Å². The molecule has 2 unspecified atom stereocenters. The largest absolute Gasteiger partial charge is 0.492 e. The van der Waals surface area contributed by atoms with Gasteiger partial charge in [0.15, 0.2) is 18.2 Å². The third-order valence-electron chi connectivity index (χ3n) is 6.74. The standard InChI is InChI=1S/C27H32N6O5/c1-27(2,29)15-37-20-9-17-7-16(8-21(17)18(10-20)11-28)12-30-6-5-19-13-33(26(35)38-19)23-4-3-22-25(31-23)32-24(34)14-36-22/h3-4,9-10,16,19,30H,5-8,12-15,29H2,1-2H3,(H,31,32,34). The number of nitrogens with two attached hydrogens (primary N) is 1. The minimum atomic E-state index is -0.461. The van der Waals surface area contributed by atoms with E-state index in [0.29, 0.717) is 60.7 Å². The second kappa shape index (κ2) is 10.5. The Balaban J connectivity index is 1.10. The molecule has 2 aliphatic heterocycles. The smallest absolute Gasteiger partial charge is 0.415 e. The molecule has 0 bridgehead atoms. The average molecular weight is 521 g/mol. The first-order valence-electron chi connectivity index (χ1n) is 12.8. The summed E-state index contributed by atoms with van der Waals surface area (Å²) in [5.74, 6) is 1.96. The number of cyclic esters (lactones) is 1. The molecule has 1 aromatic carbocycles. The first kappa shape index (κ1) is 25.8. The number of carbonyl (C=O) groups excluding carboxylic acids is 2. The zero-order valence-corrected chi connectivity index (χ0v) is 21.6. The first-order chi connectivity index (χ1) is 18.2. The maximum absolute atomic E-state index is 12.5. The molecule has 1 aliphatic carbocycles. The fraction of sp³-hybridized carbons (Fsp3) is 0.481. The van der Waals surface area contributed by atoms with Crippen molar-refractivity contribution in [1.82, 2.24) is 10.3 Å². The number of anilines is 2. The number of ether oxygens (including phenoxy) is 3. The van der Waals surface area contributed by atoms with E-state index in [9.17, 15) is 14.9 Å². The van der Waals surface area contributed by atoms with Crippen LogP contribution < -0.4 is 30.7 Å². The fourth-order valence-corrected chi connectivity index (χ4v) is 4.93.